The van der Waals surface area contributed by atoms with E-state index < -0.39 is 0 Å². The fourth-order valence-electron chi connectivity index (χ4n) is 1.88. The molecule has 0 aliphatic rings. The summed E-state index contributed by atoms with van der Waals surface area (Å²) in [6.45, 7) is 6.04. The second kappa shape index (κ2) is 6.92. The highest BCUT2D eigenvalue weighted by Gasteiger charge is 2.07. The lowest BCUT2D eigenvalue weighted by Gasteiger charge is -2.10. The van der Waals surface area contributed by atoms with Gasteiger partial charge in [-0.15, -0.1) is 0 Å². The molecule has 0 unspecified atom stereocenters. The van der Waals surface area contributed by atoms with E-state index in [9.17, 15) is 4.79 Å². The van der Waals surface area contributed by atoms with Crippen molar-refractivity contribution in [1.82, 2.24) is 5.16 Å². The molecule has 1 aromatic heterocycles. The normalized spacial score (nSPS) is 12.0. The van der Waals surface area contributed by atoms with Crippen LogP contribution in [0.15, 0.2) is 34.9 Å². The van der Waals surface area contributed by atoms with Crippen molar-refractivity contribution in [3.05, 3.63) is 41.7 Å². The average Bonchev–Trinajstić information content (AvgIpc) is 2.90. The Morgan fingerprint density at radius 2 is 2.10 bits per heavy atom. The molecule has 1 heterocycles. The largest absolute Gasteiger partial charge is 0.484 e. The first-order chi connectivity index (χ1) is 10.1. The molecule has 1 atom stereocenters. The summed E-state index contributed by atoms with van der Waals surface area (Å²) in [4.78, 5) is 11.7. The highest BCUT2D eigenvalue weighted by atomic mass is 16.5. The summed E-state index contributed by atoms with van der Waals surface area (Å²) in [5, 5.41) is 6.29. The molecule has 0 saturated heterocycles. The lowest BCUT2D eigenvalue weighted by atomic mass is 9.99. The fourth-order valence-corrected chi connectivity index (χ4v) is 1.88. The van der Waals surface area contributed by atoms with Gasteiger partial charge in [0.05, 0.1) is 0 Å². The molecule has 5 nitrogen and oxygen atoms in total. The quantitative estimate of drug-likeness (QED) is 0.883. The van der Waals surface area contributed by atoms with Gasteiger partial charge in [0.2, 0.25) is 0 Å². The number of nitrogens with zero attached hydrogens (tertiary/aromatic N) is 1. The molecule has 1 N–H and O–H groups in total. The van der Waals surface area contributed by atoms with E-state index in [1.54, 1.807) is 13.0 Å². The van der Waals surface area contributed by atoms with Crippen LogP contribution in [0.2, 0.25) is 0 Å². The third kappa shape index (κ3) is 4.34. The second-order valence-electron chi connectivity index (χ2n) is 5.04. The maximum absolute atomic E-state index is 11.7. The number of anilines is 1. The first kappa shape index (κ1) is 15.1. The molecule has 0 spiro atoms. The van der Waals surface area contributed by atoms with Crippen molar-refractivity contribution in [2.45, 2.75) is 33.1 Å². The van der Waals surface area contributed by atoms with Gasteiger partial charge in [0.15, 0.2) is 12.4 Å². The van der Waals surface area contributed by atoms with E-state index in [4.69, 9.17) is 9.26 Å². The molecule has 0 radical (unpaired) electrons. The van der Waals surface area contributed by atoms with Crippen LogP contribution in [0.25, 0.3) is 0 Å². The zero-order valence-corrected chi connectivity index (χ0v) is 12.6. The van der Waals surface area contributed by atoms with Crippen LogP contribution in [0, 0.1) is 6.92 Å². The summed E-state index contributed by atoms with van der Waals surface area (Å²) in [5.74, 6) is 1.97. The molecule has 2 aromatic rings. The van der Waals surface area contributed by atoms with Crippen molar-refractivity contribution < 1.29 is 14.1 Å². The van der Waals surface area contributed by atoms with Crippen molar-refractivity contribution in [2.75, 3.05) is 11.9 Å². The van der Waals surface area contributed by atoms with Gasteiger partial charge in [-0.3, -0.25) is 4.79 Å². The molecule has 5 heteroatoms. The Bertz CT molecular complexity index is 590. The van der Waals surface area contributed by atoms with Crippen molar-refractivity contribution in [1.29, 1.82) is 0 Å². The minimum absolute atomic E-state index is 0.0609. The van der Waals surface area contributed by atoms with Gasteiger partial charge in [-0.05, 0) is 37.0 Å². The summed E-state index contributed by atoms with van der Waals surface area (Å²) in [6, 6.07) is 9.48. The highest BCUT2D eigenvalue weighted by molar-refractivity contribution is 5.90. The Kier molecular flexibility index (Phi) is 4.98. The first-order valence-corrected chi connectivity index (χ1v) is 7.04. The van der Waals surface area contributed by atoms with E-state index in [0.29, 0.717) is 23.2 Å². The predicted octanol–water partition coefficient (Wildman–Crippen LogP) is 3.51. The summed E-state index contributed by atoms with van der Waals surface area (Å²) < 4.78 is 10.3. The number of nitrogens with one attached hydrogen (secondary N) is 1. The summed E-state index contributed by atoms with van der Waals surface area (Å²) >= 11 is 0. The molecule has 0 bridgehead atoms. The molecule has 112 valence electrons. The lowest BCUT2D eigenvalue weighted by Crippen LogP contribution is -2.20. The van der Waals surface area contributed by atoms with E-state index >= 15 is 0 Å². The SMILES string of the molecule is CC[C@@H](C)c1ccc(OCC(=O)Nc2cc(C)on2)cc1. The maximum atomic E-state index is 11.7. The number of aryl methyl sites for hydroxylation is 1. The van der Waals surface area contributed by atoms with E-state index in [1.807, 2.05) is 24.3 Å². The number of carbonyl (C=O) groups excluding carboxylic acids is 1. The topological polar surface area (TPSA) is 64.4 Å². The number of rotatable bonds is 6. The van der Waals surface area contributed by atoms with Gasteiger partial charge in [0.25, 0.3) is 5.91 Å². The minimum atomic E-state index is -0.269. The van der Waals surface area contributed by atoms with Gasteiger partial charge in [-0.1, -0.05) is 31.1 Å². The molecule has 1 aromatic carbocycles. The smallest absolute Gasteiger partial charge is 0.263 e. The molecule has 0 aliphatic carbocycles. The average molecular weight is 288 g/mol. The predicted molar refractivity (Wildman–Crippen MR) is 80.5 cm³/mol. The molecule has 0 aliphatic heterocycles. The van der Waals surface area contributed by atoms with Crippen LogP contribution in [0.4, 0.5) is 5.82 Å². The lowest BCUT2D eigenvalue weighted by molar-refractivity contribution is -0.118. The van der Waals surface area contributed by atoms with Crippen molar-refractivity contribution in [3.8, 4) is 5.75 Å². The number of carbonyl (C=O) groups is 1. The Morgan fingerprint density at radius 3 is 2.67 bits per heavy atom. The number of amides is 1. The summed E-state index contributed by atoms with van der Waals surface area (Å²) in [5.41, 5.74) is 1.27. The van der Waals surface area contributed by atoms with Gasteiger partial charge in [0.1, 0.15) is 11.5 Å². The number of aromatic nitrogens is 1. The van der Waals surface area contributed by atoms with E-state index in [0.717, 1.165) is 6.42 Å². The van der Waals surface area contributed by atoms with E-state index in [2.05, 4.69) is 24.3 Å². The highest BCUT2D eigenvalue weighted by Crippen LogP contribution is 2.21. The standard InChI is InChI=1S/C16H20N2O3/c1-4-11(2)13-5-7-14(8-6-13)20-10-16(19)17-15-9-12(3)21-18-15/h5-9,11H,4,10H2,1-3H3,(H,17,18,19)/t11-/m1/s1. The molecule has 2 rings (SSSR count). The molecule has 21 heavy (non-hydrogen) atoms. The van der Waals surface area contributed by atoms with Gasteiger partial charge in [-0.25, -0.2) is 0 Å². The Balaban J connectivity index is 1.83. The third-order valence-electron chi connectivity index (χ3n) is 3.33. The minimum Gasteiger partial charge on any atom is -0.484 e. The van der Waals surface area contributed by atoms with Crippen LogP contribution in [-0.4, -0.2) is 17.7 Å². The van der Waals surface area contributed by atoms with Gasteiger partial charge < -0.3 is 14.6 Å². The van der Waals surface area contributed by atoms with Crippen LogP contribution in [0.3, 0.4) is 0 Å². The molecule has 1 amide bonds. The van der Waals surface area contributed by atoms with Crippen molar-refractivity contribution in [2.24, 2.45) is 0 Å². The van der Waals surface area contributed by atoms with Crippen molar-refractivity contribution in [3.63, 3.8) is 0 Å². The van der Waals surface area contributed by atoms with E-state index in [-0.39, 0.29) is 12.5 Å². The van der Waals surface area contributed by atoms with E-state index in [1.165, 1.54) is 5.56 Å². The number of benzene rings is 1. The number of ether oxygens (including phenoxy) is 1. The first-order valence-electron chi connectivity index (χ1n) is 7.04. The zero-order valence-electron chi connectivity index (χ0n) is 12.6. The monoisotopic (exact) mass is 288 g/mol. The molecular weight excluding hydrogens is 268 g/mol. The van der Waals surface area contributed by atoms with Crippen LogP contribution in [0.5, 0.6) is 5.75 Å². The number of hydrogen-bond acceptors (Lipinski definition) is 4. The van der Waals surface area contributed by atoms with Crippen LogP contribution in [-0.2, 0) is 4.79 Å². The van der Waals surface area contributed by atoms with Crippen LogP contribution < -0.4 is 10.1 Å². The molecule has 0 fully saturated rings. The molecule has 0 saturated carbocycles. The van der Waals surface area contributed by atoms with Crippen molar-refractivity contribution >= 4 is 11.7 Å². The Hall–Kier alpha value is -2.30. The van der Waals surface area contributed by atoms with Gasteiger partial charge in [0, 0.05) is 6.07 Å². The summed E-state index contributed by atoms with van der Waals surface area (Å²) in [6.07, 6.45) is 1.10. The fraction of sp³-hybridized carbons (Fsp3) is 0.375. The third-order valence-corrected chi connectivity index (χ3v) is 3.33. The Morgan fingerprint density at radius 1 is 1.38 bits per heavy atom. The van der Waals surface area contributed by atoms with Crippen LogP contribution >= 0.6 is 0 Å². The second-order valence-corrected chi connectivity index (χ2v) is 5.04. The van der Waals surface area contributed by atoms with Gasteiger partial charge in [-0.2, -0.15) is 0 Å². The number of hydrogen-bond donors (Lipinski definition) is 1. The van der Waals surface area contributed by atoms with Gasteiger partial charge >= 0.3 is 0 Å². The Labute approximate surface area is 124 Å². The summed E-state index contributed by atoms with van der Waals surface area (Å²) in [7, 11) is 0. The van der Waals surface area contributed by atoms with Crippen LogP contribution in [0.1, 0.15) is 37.5 Å². The maximum Gasteiger partial charge on any atom is 0.263 e. The molecular formula is C16H20N2O3. The zero-order chi connectivity index (χ0) is 15.2.